The lowest BCUT2D eigenvalue weighted by Crippen LogP contribution is -2.36. The zero-order chi connectivity index (χ0) is 24.7. The van der Waals surface area contributed by atoms with Crippen LogP contribution in [0, 0.1) is 5.82 Å². The van der Waals surface area contributed by atoms with Gasteiger partial charge < -0.3 is 15.0 Å². The Morgan fingerprint density at radius 2 is 1.91 bits per heavy atom. The van der Waals surface area contributed by atoms with E-state index >= 15 is 0 Å². The number of halogens is 1. The third-order valence-electron chi connectivity index (χ3n) is 5.94. The molecule has 1 saturated heterocycles. The molecule has 35 heavy (non-hydrogen) atoms. The van der Waals surface area contributed by atoms with E-state index in [1.165, 1.54) is 16.7 Å². The van der Waals surface area contributed by atoms with Crippen molar-refractivity contribution in [2.75, 3.05) is 36.5 Å². The zero-order valence-electron chi connectivity index (χ0n) is 19.8. The molecule has 4 aromatic rings. The van der Waals surface area contributed by atoms with E-state index < -0.39 is 11.7 Å². The number of morpholine rings is 1. The molecule has 0 saturated carbocycles. The van der Waals surface area contributed by atoms with Crippen molar-refractivity contribution in [3.05, 3.63) is 58.5 Å². The normalized spacial score (nSPS) is 14.6. The van der Waals surface area contributed by atoms with E-state index in [-0.39, 0.29) is 23.3 Å². The van der Waals surface area contributed by atoms with Crippen LogP contribution < -0.4 is 15.8 Å². The molecule has 0 unspecified atom stereocenters. The van der Waals surface area contributed by atoms with Crippen LogP contribution in [-0.2, 0) is 21.5 Å². The summed E-state index contributed by atoms with van der Waals surface area (Å²) in [5, 5.41) is 7.71. The van der Waals surface area contributed by atoms with Gasteiger partial charge in [-0.2, -0.15) is 9.61 Å². The van der Waals surface area contributed by atoms with E-state index in [1.54, 1.807) is 16.8 Å². The summed E-state index contributed by atoms with van der Waals surface area (Å²) in [5.41, 5.74) is 1.82. The Morgan fingerprint density at radius 3 is 2.60 bits per heavy atom. The largest absolute Gasteiger partial charge is 0.378 e. The number of ether oxygens (including phenoxy) is 1. The summed E-state index contributed by atoms with van der Waals surface area (Å²) in [7, 11) is 0. The lowest BCUT2D eigenvalue weighted by atomic mass is 9.93. The van der Waals surface area contributed by atoms with Crippen LogP contribution in [0.1, 0.15) is 26.5 Å². The van der Waals surface area contributed by atoms with Crippen molar-refractivity contribution in [3.8, 4) is 0 Å². The molecule has 5 heterocycles. The van der Waals surface area contributed by atoms with Gasteiger partial charge in [-0.05, 0) is 18.2 Å². The molecule has 1 aliphatic rings. The minimum Gasteiger partial charge on any atom is -0.378 e. The predicted octanol–water partition coefficient (Wildman–Crippen LogP) is 2.35. The average molecular weight is 480 g/mol. The fourth-order valence-electron chi connectivity index (χ4n) is 4.03. The monoisotopic (exact) mass is 479 g/mol. The Kier molecular flexibility index (Phi) is 5.72. The number of pyridine rings is 2. The summed E-state index contributed by atoms with van der Waals surface area (Å²) in [5.74, 6) is -0.780. The average Bonchev–Trinajstić information content (AvgIpc) is 3.30. The Balaban J connectivity index is 1.62. The molecule has 0 radical (unpaired) electrons. The summed E-state index contributed by atoms with van der Waals surface area (Å²) < 4.78 is 21.6. The van der Waals surface area contributed by atoms with Gasteiger partial charge >= 0.3 is 0 Å². The first-order valence-electron chi connectivity index (χ1n) is 11.4. The van der Waals surface area contributed by atoms with Crippen molar-refractivity contribution in [1.82, 2.24) is 24.1 Å². The maximum absolute atomic E-state index is 13.7. The number of aromatic nitrogens is 5. The van der Waals surface area contributed by atoms with Gasteiger partial charge in [0.05, 0.1) is 42.4 Å². The molecule has 1 N–H and O–H groups in total. The smallest absolute Gasteiger partial charge is 0.263 e. The fraction of sp³-hybridized carbons (Fsp3) is 0.375. The number of carbonyl (C=O) groups excluding carboxylic acids is 1. The van der Waals surface area contributed by atoms with E-state index in [0.717, 1.165) is 17.6 Å². The highest BCUT2D eigenvalue weighted by Crippen LogP contribution is 2.25. The van der Waals surface area contributed by atoms with Crippen LogP contribution in [0.5, 0.6) is 0 Å². The number of hydrogen-bond donors (Lipinski definition) is 1. The first-order chi connectivity index (χ1) is 16.7. The molecule has 1 aliphatic heterocycles. The molecule has 0 spiro atoms. The lowest BCUT2D eigenvalue weighted by Gasteiger charge is -2.28. The minimum absolute atomic E-state index is 0.196. The Hall–Kier alpha value is -3.86. The van der Waals surface area contributed by atoms with Crippen LogP contribution in [0.15, 0.2) is 41.5 Å². The number of hydrogen-bond acceptors (Lipinski definition) is 7. The number of amides is 1. The molecular formula is C24H26FN7O3. The van der Waals surface area contributed by atoms with Gasteiger partial charge in [0.1, 0.15) is 23.8 Å². The van der Waals surface area contributed by atoms with Crippen molar-refractivity contribution < 1.29 is 13.9 Å². The molecule has 0 aliphatic carbocycles. The Labute approximate surface area is 200 Å². The van der Waals surface area contributed by atoms with Crippen molar-refractivity contribution in [3.63, 3.8) is 0 Å². The summed E-state index contributed by atoms with van der Waals surface area (Å²) in [6, 6.07) is 6.17. The van der Waals surface area contributed by atoms with E-state index in [9.17, 15) is 14.0 Å². The minimum atomic E-state index is -0.506. The van der Waals surface area contributed by atoms with Crippen LogP contribution in [0.4, 0.5) is 15.9 Å². The SMILES string of the molecule is CC(C)(C)c1cc2n(CC(=O)Nc3ccc(F)cn3)c(=O)c3cc(N4CCOCC4)cnc3n2n1. The molecule has 0 bridgehead atoms. The molecular weight excluding hydrogens is 453 g/mol. The third-order valence-corrected chi connectivity index (χ3v) is 5.94. The predicted molar refractivity (Wildman–Crippen MR) is 129 cm³/mol. The van der Waals surface area contributed by atoms with Gasteiger partial charge in [-0.25, -0.2) is 14.4 Å². The molecule has 0 atom stereocenters. The number of fused-ring (bicyclic) bond motifs is 3. The van der Waals surface area contributed by atoms with E-state index in [4.69, 9.17) is 9.84 Å². The van der Waals surface area contributed by atoms with E-state index in [1.807, 2.05) is 26.8 Å². The topological polar surface area (TPSA) is 107 Å². The van der Waals surface area contributed by atoms with Crippen LogP contribution in [0.2, 0.25) is 0 Å². The van der Waals surface area contributed by atoms with E-state index in [0.29, 0.717) is 43.0 Å². The fourth-order valence-corrected chi connectivity index (χ4v) is 4.03. The standard InChI is InChI=1S/C24H26FN7O3/c1-24(2,3)18-11-21-31(14-20(33)28-19-5-4-15(25)12-26-19)23(34)17-10-16(30-6-8-35-9-7-30)13-27-22(17)32(21)29-18/h4-5,10-13H,6-9,14H2,1-3H3,(H,26,28,33). The third kappa shape index (κ3) is 4.46. The highest BCUT2D eigenvalue weighted by Gasteiger charge is 2.23. The number of carbonyl (C=O) groups is 1. The highest BCUT2D eigenvalue weighted by atomic mass is 19.1. The van der Waals surface area contributed by atoms with Crippen LogP contribution in [-0.4, -0.2) is 56.4 Å². The molecule has 11 heteroatoms. The summed E-state index contributed by atoms with van der Waals surface area (Å²) in [6.45, 7) is 8.41. The van der Waals surface area contributed by atoms with Gasteiger partial charge in [0.15, 0.2) is 5.65 Å². The second-order valence-corrected chi connectivity index (χ2v) is 9.51. The quantitative estimate of drug-likeness (QED) is 0.479. The Morgan fingerprint density at radius 1 is 1.14 bits per heavy atom. The molecule has 1 amide bonds. The Bertz CT molecular complexity index is 1470. The number of nitrogens with one attached hydrogen (secondary N) is 1. The molecule has 10 nitrogen and oxygen atoms in total. The van der Waals surface area contributed by atoms with Gasteiger partial charge in [0.25, 0.3) is 5.56 Å². The molecule has 4 aromatic heterocycles. The van der Waals surface area contributed by atoms with Crippen molar-refractivity contribution in [1.29, 1.82) is 0 Å². The number of rotatable bonds is 4. The maximum atomic E-state index is 13.7. The van der Waals surface area contributed by atoms with Crippen molar-refractivity contribution in [2.45, 2.75) is 32.7 Å². The van der Waals surface area contributed by atoms with E-state index in [2.05, 4.69) is 20.2 Å². The second kappa shape index (κ2) is 8.73. The van der Waals surface area contributed by atoms with Gasteiger partial charge in [-0.15, -0.1) is 0 Å². The zero-order valence-corrected chi connectivity index (χ0v) is 19.8. The number of anilines is 2. The van der Waals surface area contributed by atoms with Crippen molar-refractivity contribution in [2.24, 2.45) is 0 Å². The van der Waals surface area contributed by atoms with Crippen LogP contribution >= 0.6 is 0 Å². The second-order valence-electron chi connectivity index (χ2n) is 9.51. The summed E-state index contributed by atoms with van der Waals surface area (Å²) in [6.07, 6.45) is 2.75. The van der Waals surface area contributed by atoms with Gasteiger partial charge in [-0.3, -0.25) is 14.2 Å². The first kappa shape index (κ1) is 22.9. The maximum Gasteiger partial charge on any atom is 0.263 e. The van der Waals surface area contributed by atoms with Crippen LogP contribution in [0.25, 0.3) is 16.7 Å². The molecule has 0 aromatic carbocycles. The van der Waals surface area contributed by atoms with Gasteiger partial charge in [0.2, 0.25) is 5.91 Å². The molecule has 182 valence electrons. The van der Waals surface area contributed by atoms with Crippen LogP contribution in [0.3, 0.4) is 0 Å². The summed E-state index contributed by atoms with van der Waals surface area (Å²) in [4.78, 5) is 37.1. The number of nitrogens with zero attached hydrogens (tertiary/aromatic N) is 6. The van der Waals surface area contributed by atoms with Gasteiger partial charge in [0, 0.05) is 24.6 Å². The highest BCUT2D eigenvalue weighted by molar-refractivity contribution is 5.90. The first-order valence-corrected chi connectivity index (χ1v) is 11.4. The molecule has 1 fully saturated rings. The van der Waals surface area contributed by atoms with Gasteiger partial charge in [-0.1, -0.05) is 20.8 Å². The molecule has 5 rings (SSSR count). The lowest BCUT2D eigenvalue weighted by molar-refractivity contribution is -0.116. The summed E-state index contributed by atoms with van der Waals surface area (Å²) >= 11 is 0. The van der Waals surface area contributed by atoms with Crippen molar-refractivity contribution >= 4 is 34.1 Å².